The molecular formula is C19H15FN2O5. The number of carboxylic acid groups (broad SMARTS) is 1. The summed E-state index contributed by atoms with van der Waals surface area (Å²) in [5, 5.41) is 21.3. The molecule has 0 aliphatic heterocycles. The Bertz CT molecular complexity index is 1090. The number of aromatic nitrogens is 1. The molecule has 7 nitrogen and oxygen atoms in total. The third-order valence-electron chi connectivity index (χ3n) is 4.01. The number of pyridine rings is 1. The highest BCUT2D eigenvalue weighted by atomic mass is 19.1. The maximum Gasteiger partial charge on any atom is 0.322 e. The minimum atomic E-state index is -1.30. The number of rotatable bonds is 5. The lowest BCUT2D eigenvalue weighted by Crippen LogP contribution is -2.36. The largest absolute Gasteiger partial charge is 0.506 e. The lowest BCUT2D eigenvalue weighted by molar-refractivity contribution is -0.135. The number of nitrogens with zero attached hydrogens (tertiary/aromatic N) is 1. The Morgan fingerprint density at radius 3 is 2.48 bits per heavy atom. The van der Waals surface area contributed by atoms with Crippen molar-refractivity contribution in [1.29, 1.82) is 0 Å². The van der Waals surface area contributed by atoms with Crippen molar-refractivity contribution in [1.82, 2.24) is 9.88 Å². The second-order valence-corrected chi connectivity index (χ2v) is 5.84. The van der Waals surface area contributed by atoms with Gasteiger partial charge in [-0.3, -0.25) is 14.4 Å². The van der Waals surface area contributed by atoms with Crippen LogP contribution in [0.1, 0.15) is 15.9 Å². The van der Waals surface area contributed by atoms with Crippen molar-refractivity contribution >= 4 is 22.8 Å². The first kappa shape index (κ1) is 18.1. The van der Waals surface area contributed by atoms with Crippen molar-refractivity contribution in [2.24, 2.45) is 0 Å². The van der Waals surface area contributed by atoms with Crippen molar-refractivity contribution in [2.75, 3.05) is 6.54 Å². The summed E-state index contributed by atoms with van der Waals surface area (Å²) >= 11 is 0. The normalized spacial score (nSPS) is 10.7. The Morgan fingerprint density at radius 1 is 1.11 bits per heavy atom. The molecule has 0 radical (unpaired) electrons. The first-order valence-corrected chi connectivity index (χ1v) is 7.97. The van der Waals surface area contributed by atoms with E-state index >= 15 is 0 Å². The smallest absolute Gasteiger partial charge is 0.322 e. The average molecular weight is 370 g/mol. The molecule has 0 aliphatic rings. The zero-order valence-corrected chi connectivity index (χ0v) is 14.0. The lowest BCUT2D eigenvalue weighted by atomic mass is 10.1. The number of nitrogens with one attached hydrogen (secondary N) is 1. The standard InChI is InChI=1S/C19H15FN2O5/c20-12-6-7-13-14(8-12)22(10-11-4-2-1-3-5-11)19(27)16(17(13)25)18(26)21-9-15(23)24/h1-8,25H,9-10H2,(H,21,26)(H,23,24). The van der Waals surface area contributed by atoms with E-state index in [1.54, 1.807) is 30.3 Å². The first-order valence-electron chi connectivity index (χ1n) is 7.97. The van der Waals surface area contributed by atoms with E-state index in [0.717, 1.165) is 17.7 Å². The number of halogens is 1. The molecule has 8 heteroatoms. The second-order valence-electron chi connectivity index (χ2n) is 5.84. The van der Waals surface area contributed by atoms with E-state index in [9.17, 15) is 23.9 Å². The van der Waals surface area contributed by atoms with Crippen LogP contribution in [0, 0.1) is 5.82 Å². The summed E-state index contributed by atoms with van der Waals surface area (Å²) in [6.45, 7) is -0.670. The van der Waals surface area contributed by atoms with Crippen molar-refractivity contribution in [3.05, 3.63) is 75.8 Å². The van der Waals surface area contributed by atoms with Crippen molar-refractivity contribution in [2.45, 2.75) is 6.54 Å². The summed E-state index contributed by atoms with van der Waals surface area (Å²) in [6, 6.07) is 12.3. The molecule has 0 fully saturated rings. The number of benzene rings is 2. The maximum absolute atomic E-state index is 13.7. The van der Waals surface area contributed by atoms with Gasteiger partial charge in [-0.05, 0) is 23.8 Å². The van der Waals surface area contributed by atoms with E-state index < -0.39 is 41.1 Å². The van der Waals surface area contributed by atoms with Gasteiger partial charge in [0.25, 0.3) is 11.5 Å². The van der Waals surface area contributed by atoms with E-state index in [1.165, 1.54) is 10.6 Å². The second kappa shape index (κ2) is 7.28. The van der Waals surface area contributed by atoms with E-state index in [-0.39, 0.29) is 17.4 Å². The van der Waals surface area contributed by atoms with Gasteiger partial charge in [0.05, 0.1) is 12.1 Å². The molecule has 0 saturated carbocycles. The molecule has 1 amide bonds. The minimum absolute atomic E-state index is 0.0408. The van der Waals surface area contributed by atoms with Gasteiger partial charge < -0.3 is 20.1 Å². The van der Waals surface area contributed by atoms with Gasteiger partial charge in [0.2, 0.25) is 0 Å². The number of amides is 1. The Kier molecular flexibility index (Phi) is 4.89. The van der Waals surface area contributed by atoms with Crippen LogP contribution >= 0.6 is 0 Å². The molecule has 0 spiro atoms. The molecule has 27 heavy (non-hydrogen) atoms. The van der Waals surface area contributed by atoms with Crippen molar-refractivity contribution in [3.63, 3.8) is 0 Å². The number of aliphatic carboxylic acids is 1. The fourth-order valence-corrected chi connectivity index (χ4v) is 2.78. The van der Waals surface area contributed by atoms with Crippen LogP contribution in [0.2, 0.25) is 0 Å². The Morgan fingerprint density at radius 2 is 1.81 bits per heavy atom. The predicted molar refractivity (Wildman–Crippen MR) is 95.3 cm³/mol. The molecule has 1 heterocycles. The molecule has 0 unspecified atom stereocenters. The molecule has 3 N–H and O–H groups in total. The highest BCUT2D eigenvalue weighted by Crippen LogP contribution is 2.27. The first-order chi connectivity index (χ1) is 12.9. The Labute approximate surface area is 152 Å². The molecule has 1 aromatic heterocycles. The van der Waals surface area contributed by atoms with Crippen LogP contribution in [0.5, 0.6) is 5.75 Å². The van der Waals surface area contributed by atoms with E-state index in [4.69, 9.17) is 5.11 Å². The summed E-state index contributed by atoms with van der Waals surface area (Å²) < 4.78 is 14.9. The topological polar surface area (TPSA) is 109 Å². The summed E-state index contributed by atoms with van der Waals surface area (Å²) in [6.07, 6.45) is 0. The van der Waals surface area contributed by atoms with E-state index in [2.05, 4.69) is 5.32 Å². The number of hydrogen-bond acceptors (Lipinski definition) is 4. The van der Waals surface area contributed by atoms with E-state index in [1.807, 2.05) is 0 Å². The molecule has 3 aromatic rings. The van der Waals surface area contributed by atoms with Crippen LogP contribution in [-0.2, 0) is 11.3 Å². The number of carbonyl (C=O) groups is 2. The number of fused-ring (bicyclic) bond motifs is 1. The van der Waals surface area contributed by atoms with Gasteiger partial charge in [0.15, 0.2) is 0 Å². The Balaban J connectivity index is 2.22. The molecule has 2 aromatic carbocycles. The van der Waals surface area contributed by atoms with Crippen molar-refractivity contribution in [3.8, 4) is 5.75 Å². The summed E-state index contributed by atoms with van der Waals surface area (Å²) in [5.41, 5.74) is -0.590. The molecule has 0 saturated heterocycles. The van der Waals surface area contributed by atoms with Crippen LogP contribution in [0.15, 0.2) is 53.3 Å². The third-order valence-corrected chi connectivity index (χ3v) is 4.01. The number of carbonyl (C=O) groups excluding carboxylic acids is 1. The number of hydrogen-bond donors (Lipinski definition) is 3. The SMILES string of the molecule is O=C(O)CNC(=O)c1c(O)c2ccc(F)cc2n(Cc2ccccc2)c1=O. The molecule has 0 aliphatic carbocycles. The predicted octanol–water partition coefficient (Wildman–Crippen LogP) is 1.71. The zero-order valence-electron chi connectivity index (χ0n) is 14.0. The summed E-state index contributed by atoms with van der Waals surface area (Å²) in [7, 11) is 0. The van der Waals surface area contributed by atoms with Gasteiger partial charge in [-0.25, -0.2) is 4.39 Å². The van der Waals surface area contributed by atoms with Gasteiger partial charge in [0, 0.05) is 5.39 Å². The zero-order chi connectivity index (χ0) is 19.6. The average Bonchev–Trinajstić information content (AvgIpc) is 2.64. The van der Waals surface area contributed by atoms with Gasteiger partial charge in [-0.15, -0.1) is 0 Å². The van der Waals surface area contributed by atoms with Crippen LogP contribution in [-0.4, -0.2) is 33.2 Å². The Hall–Kier alpha value is -3.68. The third kappa shape index (κ3) is 3.64. The number of carboxylic acids is 1. The molecule has 0 bridgehead atoms. The van der Waals surface area contributed by atoms with Gasteiger partial charge in [-0.2, -0.15) is 0 Å². The highest BCUT2D eigenvalue weighted by molar-refractivity contribution is 6.03. The molecule has 3 rings (SSSR count). The number of aromatic hydroxyl groups is 1. The lowest BCUT2D eigenvalue weighted by Gasteiger charge is -2.15. The minimum Gasteiger partial charge on any atom is -0.506 e. The van der Waals surface area contributed by atoms with Crippen LogP contribution in [0.3, 0.4) is 0 Å². The fraction of sp³-hybridized carbons (Fsp3) is 0.105. The van der Waals surface area contributed by atoms with Gasteiger partial charge in [-0.1, -0.05) is 30.3 Å². The van der Waals surface area contributed by atoms with Crippen molar-refractivity contribution < 1.29 is 24.2 Å². The van der Waals surface area contributed by atoms with Crippen LogP contribution in [0.25, 0.3) is 10.9 Å². The fourth-order valence-electron chi connectivity index (χ4n) is 2.78. The van der Waals surface area contributed by atoms with Crippen LogP contribution in [0.4, 0.5) is 4.39 Å². The van der Waals surface area contributed by atoms with Gasteiger partial charge >= 0.3 is 5.97 Å². The highest BCUT2D eigenvalue weighted by Gasteiger charge is 2.23. The van der Waals surface area contributed by atoms with Gasteiger partial charge in [0.1, 0.15) is 23.7 Å². The van der Waals surface area contributed by atoms with Crippen LogP contribution < -0.4 is 10.9 Å². The van der Waals surface area contributed by atoms with E-state index in [0.29, 0.717) is 0 Å². The molecular weight excluding hydrogens is 355 g/mol. The summed E-state index contributed by atoms with van der Waals surface area (Å²) in [5.74, 6) is -3.54. The monoisotopic (exact) mass is 370 g/mol. The molecule has 0 atom stereocenters. The molecule has 138 valence electrons. The summed E-state index contributed by atoms with van der Waals surface area (Å²) in [4.78, 5) is 35.8. The maximum atomic E-state index is 13.7. The quantitative estimate of drug-likeness (QED) is 0.634.